The van der Waals surface area contributed by atoms with Crippen LogP contribution in [0.1, 0.15) is 39.1 Å². The van der Waals surface area contributed by atoms with Gasteiger partial charge in [0.15, 0.2) is 0 Å². The predicted molar refractivity (Wildman–Crippen MR) is 51.3 cm³/mol. The molecule has 1 heterocycles. The second-order valence-electron chi connectivity index (χ2n) is 4.21. The van der Waals surface area contributed by atoms with E-state index in [0.717, 1.165) is 6.54 Å². The lowest BCUT2D eigenvalue weighted by atomic mass is 9.91. The van der Waals surface area contributed by atoms with Gasteiger partial charge in [-0.05, 0) is 13.8 Å². The van der Waals surface area contributed by atoms with E-state index in [0.29, 0.717) is 0 Å². The Morgan fingerprint density at radius 1 is 1.42 bits per heavy atom. The van der Waals surface area contributed by atoms with Gasteiger partial charge < -0.3 is 4.57 Å². The Labute approximate surface area is 74.6 Å². The fraction of sp³-hybridized carbons (Fsp3) is 0.700. The first kappa shape index (κ1) is 9.30. The maximum atomic E-state index is 4.42. The largest absolute Gasteiger partial charge is 0.335 e. The van der Waals surface area contributed by atoms with Crippen LogP contribution >= 0.6 is 0 Å². The quantitative estimate of drug-likeness (QED) is 0.626. The fourth-order valence-electron chi connectivity index (χ4n) is 1.50. The molecule has 1 aromatic rings. The first-order valence-electron chi connectivity index (χ1n) is 4.49. The van der Waals surface area contributed by atoms with Gasteiger partial charge in [0.05, 0.1) is 12.0 Å². The van der Waals surface area contributed by atoms with E-state index in [2.05, 4.69) is 44.2 Å². The van der Waals surface area contributed by atoms with Gasteiger partial charge >= 0.3 is 0 Å². The molecule has 0 saturated carbocycles. The minimum absolute atomic E-state index is 0.171. The topological polar surface area (TPSA) is 17.8 Å². The van der Waals surface area contributed by atoms with Crippen LogP contribution in [0.15, 0.2) is 6.33 Å². The normalized spacial score (nSPS) is 12.1. The molecule has 0 unspecified atom stereocenters. The van der Waals surface area contributed by atoms with Crippen molar-refractivity contribution < 1.29 is 0 Å². The Balaban J connectivity index is 3.11. The number of hydrogen-bond donors (Lipinski definition) is 0. The van der Waals surface area contributed by atoms with Gasteiger partial charge in [-0.25, -0.2) is 4.98 Å². The number of rotatable bonds is 1. The summed E-state index contributed by atoms with van der Waals surface area (Å²) in [6, 6.07) is 0. The third-order valence-corrected chi connectivity index (χ3v) is 2.15. The third-order valence-electron chi connectivity index (χ3n) is 2.15. The Hall–Kier alpha value is -0.790. The summed E-state index contributed by atoms with van der Waals surface area (Å²) in [6.07, 6.45) is 1.93. The van der Waals surface area contributed by atoms with Crippen LogP contribution in [0.2, 0.25) is 0 Å². The van der Waals surface area contributed by atoms with Crippen molar-refractivity contribution in [3.8, 4) is 0 Å². The zero-order valence-corrected chi connectivity index (χ0v) is 8.68. The molecule has 68 valence electrons. The Morgan fingerprint density at radius 3 is 2.25 bits per heavy atom. The molecular formula is C10H18N2. The van der Waals surface area contributed by atoms with Crippen LogP contribution < -0.4 is 0 Å². The third kappa shape index (κ3) is 1.52. The van der Waals surface area contributed by atoms with E-state index in [1.807, 2.05) is 6.33 Å². The molecule has 0 bridgehead atoms. The molecule has 0 aliphatic heterocycles. The van der Waals surface area contributed by atoms with Crippen molar-refractivity contribution in [2.45, 2.75) is 46.6 Å². The molecule has 0 radical (unpaired) electrons. The molecule has 2 nitrogen and oxygen atoms in total. The van der Waals surface area contributed by atoms with E-state index in [1.165, 1.54) is 11.4 Å². The van der Waals surface area contributed by atoms with Gasteiger partial charge in [0.2, 0.25) is 0 Å². The van der Waals surface area contributed by atoms with E-state index in [4.69, 9.17) is 0 Å². The zero-order valence-electron chi connectivity index (χ0n) is 8.68. The van der Waals surface area contributed by atoms with Crippen LogP contribution in [-0.2, 0) is 12.0 Å². The molecule has 0 spiro atoms. The number of aromatic nitrogens is 2. The fourth-order valence-corrected chi connectivity index (χ4v) is 1.50. The number of imidazole rings is 1. The van der Waals surface area contributed by atoms with Gasteiger partial charge in [0, 0.05) is 17.7 Å². The molecule has 0 atom stereocenters. The second-order valence-corrected chi connectivity index (χ2v) is 4.21. The van der Waals surface area contributed by atoms with Crippen molar-refractivity contribution >= 4 is 0 Å². The Bertz CT molecular complexity index is 266. The van der Waals surface area contributed by atoms with E-state index in [1.54, 1.807) is 0 Å². The minimum Gasteiger partial charge on any atom is -0.335 e. The molecule has 0 N–H and O–H groups in total. The van der Waals surface area contributed by atoms with Gasteiger partial charge in [-0.1, -0.05) is 20.8 Å². The first-order valence-corrected chi connectivity index (χ1v) is 4.49. The lowest BCUT2D eigenvalue weighted by Crippen LogP contribution is -2.14. The predicted octanol–water partition coefficient (Wildman–Crippen LogP) is 2.51. The van der Waals surface area contributed by atoms with Gasteiger partial charge in [0.1, 0.15) is 0 Å². The summed E-state index contributed by atoms with van der Waals surface area (Å²) in [5.41, 5.74) is 2.68. The highest BCUT2D eigenvalue weighted by molar-refractivity contribution is 5.19. The maximum absolute atomic E-state index is 4.42. The van der Waals surface area contributed by atoms with E-state index < -0.39 is 0 Å². The van der Waals surface area contributed by atoms with E-state index in [-0.39, 0.29) is 5.41 Å². The molecule has 1 rings (SSSR count). The van der Waals surface area contributed by atoms with Gasteiger partial charge in [-0.2, -0.15) is 0 Å². The highest BCUT2D eigenvalue weighted by Gasteiger charge is 2.19. The second kappa shape index (κ2) is 2.92. The van der Waals surface area contributed by atoms with Crippen LogP contribution in [0.3, 0.4) is 0 Å². The molecule has 0 aliphatic rings. The summed E-state index contributed by atoms with van der Waals surface area (Å²) < 4.78 is 2.18. The van der Waals surface area contributed by atoms with Crippen molar-refractivity contribution in [2.24, 2.45) is 0 Å². The minimum atomic E-state index is 0.171. The van der Waals surface area contributed by atoms with Crippen molar-refractivity contribution in [1.29, 1.82) is 0 Å². The molecule has 0 aromatic carbocycles. The lowest BCUT2D eigenvalue weighted by molar-refractivity contribution is 0.565. The average Bonchev–Trinajstić information content (AvgIpc) is 2.29. The molecule has 1 aromatic heterocycles. The van der Waals surface area contributed by atoms with Gasteiger partial charge in [-0.15, -0.1) is 0 Å². The van der Waals surface area contributed by atoms with Crippen LogP contribution in [0.25, 0.3) is 0 Å². The van der Waals surface area contributed by atoms with Gasteiger partial charge in [-0.3, -0.25) is 0 Å². The monoisotopic (exact) mass is 166 g/mol. The molecule has 12 heavy (non-hydrogen) atoms. The Morgan fingerprint density at radius 2 is 2.00 bits per heavy atom. The first-order chi connectivity index (χ1) is 5.46. The van der Waals surface area contributed by atoms with Crippen LogP contribution in [0.4, 0.5) is 0 Å². The summed E-state index contributed by atoms with van der Waals surface area (Å²) in [6.45, 7) is 11.9. The summed E-state index contributed by atoms with van der Waals surface area (Å²) in [5.74, 6) is 0. The van der Waals surface area contributed by atoms with Crippen molar-refractivity contribution in [2.75, 3.05) is 0 Å². The van der Waals surface area contributed by atoms with E-state index in [9.17, 15) is 0 Å². The van der Waals surface area contributed by atoms with Crippen LogP contribution in [0.5, 0.6) is 0 Å². The summed E-state index contributed by atoms with van der Waals surface area (Å²) >= 11 is 0. The molecule has 2 heteroatoms. The smallest absolute Gasteiger partial charge is 0.0951 e. The van der Waals surface area contributed by atoms with E-state index >= 15 is 0 Å². The summed E-state index contributed by atoms with van der Waals surface area (Å²) in [7, 11) is 0. The van der Waals surface area contributed by atoms with Crippen LogP contribution in [-0.4, -0.2) is 9.55 Å². The number of nitrogens with zero attached hydrogens (tertiary/aromatic N) is 2. The summed E-state index contributed by atoms with van der Waals surface area (Å²) in [5, 5.41) is 0. The average molecular weight is 166 g/mol. The van der Waals surface area contributed by atoms with Crippen molar-refractivity contribution in [3.05, 3.63) is 17.7 Å². The molecule has 0 fully saturated rings. The van der Waals surface area contributed by atoms with Crippen molar-refractivity contribution in [3.63, 3.8) is 0 Å². The molecule has 0 saturated heterocycles. The van der Waals surface area contributed by atoms with Gasteiger partial charge in [0.25, 0.3) is 0 Å². The van der Waals surface area contributed by atoms with Crippen LogP contribution in [0, 0.1) is 6.92 Å². The SMILES string of the molecule is CCn1cnc(C(C)(C)C)c1C. The molecule has 0 amide bonds. The standard InChI is InChI=1S/C10H18N2/c1-6-12-7-11-9(8(12)2)10(3,4)5/h7H,6H2,1-5H3. The lowest BCUT2D eigenvalue weighted by Gasteiger charge is -2.16. The zero-order chi connectivity index (χ0) is 9.35. The summed E-state index contributed by atoms with van der Waals surface area (Å²) in [4.78, 5) is 4.42. The number of aryl methyl sites for hydroxylation is 1. The Kier molecular flexibility index (Phi) is 2.27. The maximum Gasteiger partial charge on any atom is 0.0951 e. The highest BCUT2D eigenvalue weighted by Crippen LogP contribution is 2.23. The van der Waals surface area contributed by atoms with Crippen molar-refractivity contribution in [1.82, 2.24) is 9.55 Å². The number of hydrogen-bond acceptors (Lipinski definition) is 1. The molecule has 0 aliphatic carbocycles. The highest BCUT2D eigenvalue weighted by atomic mass is 15.1. The molecular weight excluding hydrogens is 148 g/mol.